The number of carbonyl (C=O) groups is 2. The highest BCUT2D eigenvalue weighted by molar-refractivity contribution is 5.82. The summed E-state index contributed by atoms with van der Waals surface area (Å²) in [5.41, 5.74) is 1.04. The Hall–Kier alpha value is -2.24. The number of rotatable bonds is 7. The van der Waals surface area contributed by atoms with Crippen molar-refractivity contribution in [2.24, 2.45) is 5.92 Å². The third-order valence-corrected chi connectivity index (χ3v) is 3.05. The number of aliphatic carboxylic acids is 1. The Bertz CT molecular complexity index is 488. The number of amides is 2. The van der Waals surface area contributed by atoms with Gasteiger partial charge in [0.1, 0.15) is 11.8 Å². The molecule has 1 aromatic rings. The van der Waals surface area contributed by atoms with Gasteiger partial charge < -0.3 is 20.5 Å². The molecule has 0 aromatic heterocycles. The fraction of sp³-hybridized carbons (Fsp3) is 0.467. The molecule has 6 nitrogen and oxygen atoms in total. The zero-order valence-corrected chi connectivity index (χ0v) is 12.6. The lowest BCUT2D eigenvalue weighted by molar-refractivity contribution is -0.140. The second-order valence-electron chi connectivity index (χ2n) is 5.06. The first-order chi connectivity index (χ1) is 9.93. The number of carboxylic acid groups (broad SMARTS) is 1. The van der Waals surface area contributed by atoms with Crippen LogP contribution in [-0.4, -0.2) is 36.8 Å². The SMILES string of the molecule is COc1cccc(CCNC(=O)N[C@@H](C(=O)O)C(C)C)c1. The molecule has 2 amide bonds. The first-order valence-corrected chi connectivity index (χ1v) is 6.84. The second kappa shape index (κ2) is 8.14. The third kappa shape index (κ3) is 5.72. The molecular formula is C15H22N2O4. The van der Waals surface area contributed by atoms with Crippen LogP contribution >= 0.6 is 0 Å². The Labute approximate surface area is 124 Å². The molecule has 21 heavy (non-hydrogen) atoms. The number of nitrogens with one attached hydrogen (secondary N) is 2. The minimum Gasteiger partial charge on any atom is -0.497 e. The van der Waals surface area contributed by atoms with Crippen molar-refractivity contribution >= 4 is 12.0 Å². The number of methoxy groups -OCH3 is 1. The van der Waals surface area contributed by atoms with Crippen LogP contribution in [0.25, 0.3) is 0 Å². The summed E-state index contributed by atoms with van der Waals surface area (Å²) in [4.78, 5) is 22.7. The summed E-state index contributed by atoms with van der Waals surface area (Å²) in [6.45, 7) is 3.91. The number of carbonyl (C=O) groups excluding carboxylic acids is 1. The molecule has 0 unspecified atom stereocenters. The van der Waals surface area contributed by atoms with Gasteiger partial charge in [-0.05, 0) is 30.0 Å². The highest BCUT2D eigenvalue weighted by Gasteiger charge is 2.22. The molecule has 0 bridgehead atoms. The summed E-state index contributed by atoms with van der Waals surface area (Å²) >= 11 is 0. The number of hydrogen-bond donors (Lipinski definition) is 3. The maximum atomic E-state index is 11.7. The topological polar surface area (TPSA) is 87.7 Å². The Morgan fingerprint density at radius 2 is 2.05 bits per heavy atom. The highest BCUT2D eigenvalue weighted by atomic mass is 16.5. The van der Waals surface area contributed by atoms with Gasteiger partial charge in [0.2, 0.25) is 0 Å². The molecule has 6 heteroatoms. The number of hydrogen-bond acceptors (Lipinski definition) is 3. The van der Waals surface area contributed by atoms with Crippen molar-refractivity contribution in [3.05, 3.63) is 29.8 Å². The van der Waals surface area contributed by atoms with E-state index in [1.54, 1.807) is 21.0 Å². The molecule has 1 rings (SSSR count). The molecule has 0 saturated carbocycles. The molecule has 0 heterocycles. The quantitative estimate of drug-likeness (QED) is 0.713. The summed E-state index contributed by atoms with van der Waals surface area (Å²) in [5.74, 6) is -0.442. The van der Waals surface area contributed by atoms with Crippen molar-refractivity contribution in [3.63, 3.8) is 0 Å². The maximum Gasteiger partial charge on any atom is 0.326 e. The zero-order chi connectivity index (χ0) is 15.8. The van der Waals surface area contributed by atoms with Gasteiger partial charge in [0.05, 0.1) is 7.11 Å². The molecule has 0 aliphatic carbocycles. The largest absolute Gasteiger partial charge is 0.497 e. The Balaban J connectivity index is 2.41. The first kappa shape index (κ1) is 16.8. The van der Waals surface area contributed by atoms with Gasteiger partial charge in [0, 0.05) is 6.54 Å². The van der Waals surface area contributed by atoms with E-state index in [1.165, 1.54) is 0 Å². The zero-order valence-electron chi connectivity index (χ0n) is 12.6. The molecule has 0 saturated heterocycles. The van der Waals surface area contributed by atoms with Gasteiger partial charge >= 0.3 is 12.0 Å². The van der Waals surface area contributed by atoms with E-state index >= 15 is 0 Å². The van der Waals surface area contributed by atoms with Crippen molar-refractivity contribution in [2.75, 3.05) is 13.7 Å². The van der Waals surface area contributed by atoms with Crippen molar-refractivity contribution in [1.82, 2.24) is 10.6 Å². The van der Waals surface area contributed by atoms with Crippen LogP contribution in [0.2, 0.25) is 0 Å². The standard InChI is InChI=1S/C15H22N2O4/c1-10(2)13(14(18)19)17-15(20)16-8-7-11-5-4-6-12(9-11)21-3/h4-6,9-10,13H,7-8H2,1-3H3,(H,18,19)(H2,16,17,20)/t13-/m1/s1. The molecule has 0 aliphatic heterocycles. The van der Waals surface area contributed by atoms with Gasteiger partial charge in [-0.15, -0.1) is 0 Å². The lowest BCUT2D eigenvalue weighted by Gasteiger charge is -2.18. The van der Waals surface area contributed by atoms with Gasteiger partial charge in [-0.25, -0.2) is 9.59 Å². The average molecular weight is 294 g/mol. The Morgan fingerprint density at radius 3 is 2.62 bits per heavy atom. The number of benzene rings is 1. The summed E-state index contributed by atoms with van der Waals surface area (Å²) in [6, 6.07) is 6.21. The van der Waals surface area contributed by atoms with E-state index in [0.29, 0.717) is 13.0 Å². The predicted molar refractivity (Wildman–Crippen MR) is 79.5 cm³/mol. The van der Waals surface area contributed by atoms with Crippen molar-refractivity contribution in [1.29, 1.82) is 0 Å². The van der Waals surface area contributed by atoms with E-state index in [0.717, 1.165) is 11.3 Å². The van der Waals surface area contributed by atoms with Crippen LogP contribution in [0.3, 0.4) is 0 Å². The summed E-state index contributed by atoms with van der Waals surface area (Å²) in [7, 11) is 1.60. The molecule has 0 radical (unpaired) electrons. The molecular weight excluding hydrogens is 272 g/mol. The lowest BCUT2D eigenvalue weighted by atomic mass is 10.1. The van der Waals surface area contributed by atoms with Gasteiger partial charge in [0.15, 0.2) is 0 Å². The van der Waals surface area contributed by atoms with E-state index in [4.69, 9.17) is 9.84 Å². The fourth-order valence-corrected chi connectivity index (χ4v) is 1.85. The first-order valence-electron chi connectivity index (χ1n) is 6.84. The summed E-state index contributed by atoms with van der Waals surface area (Å²) in [5, 5.41) is 14.1. The molecule has 116 valence electrons. The average Bonchev–Trinajstić information content (AvgIpc) is 2.44. The van der Waals surface area contributed by atoms with Crippen molar-refractivity contribution in [3.8, 4) is 5.75 Å². The number of carboxylic acids is 1. The van der Waals surface area contributed by atoms with E-state index < -0.39 is 18.0 Å². The van der Waals surface area contributed by atoms with E-state index in [-0.39, 0.29) is 5.92 Å². The van der Waals surface area contributed by atoms with Crippen LogP contribution in [-0.2, 0) is 11.2 Å². The van der Waals surface area contributed by atoms with Crippen molar-refractivity contribution < 1.29 is 19.4 Å². The van der Waals surface area contributed by atoms with E-state index in [2.05, 4.69) is 10.6 Å². The van der Waals surface area contributed by atoms with Gasteiger partial charge in [-0.2, -0.15) is 0 Å². The molecule has 0 aliphatic rings. The van der Waals surface area contributed by atoms with Crippen LogP contribution in [0.5, 0.6) is 5.75 Å². The molecule has 3 N–H and O–H groups in total. The molecule has 0 spiro atoms. The third-order valence-electron chi connectivity index (χ3n) is 3.05. The van der Waals surface area contributed by atoms with Gasteiger partial charge in [-0.3, -0.25) is 0 Å². The van der Waals surface area contributed by atoms with Crippen LogP contribution in [0.4, 0.5) is 4.79 Å². The summed E-state index contributed by atoms with van der Waals surface area (Å²) < 4.78 is 5.12. The normalized spacial score (nSPS) is 11.8. The van der Waals surface area contributed by atoms with Gasteiger partial charge in [0.25, 0.3) is 0 Å². The fourth-order valence-electron chi connectivity index (χ4n) is 1.85. The van der Waals surface area contributed by atoms with Crippen molar-refractivity contribution in [2.45, 2.75) is 26.3 Å². The van der Waals surface area contributed by atoms with Gasteiger partial charge in [-0.1, -0.05) is 26.0 Å². The second-order valence-corrected chi connectivity index (χ2v) is 5.06. The molecule has 1 aromatic carbocycles. The predicted octanol–water partition coefficient (Wildman–Crippen LogP) is 1.65. The number of urea groups is 1. The lowest BCUT2D eigenvalue weighted by Crippen LogP contribution is -2.48. The minimum atomic E-state index is -1.03. The highest BCUT2D eigenvalue weighted by Crippen LogP contribution is 2.12. The maximum absolute atomic E-state index is 11.7. The van der Waals surface area contributed by atoms with Crippen LogP contribution in [0.1, 0.15) is 19.4 Å². The minimum absolute atomic E-state index is 0.174. The monoisotopic (exact) mass is 294 g/mol. The van der Waals surface area contributed by atoms with Crippen LogP contribution < -0.4 is 15.4 Å². The smallest absolute Gasteiger partial charge is 0.326 e. The Morgan fingerprint density at radius 1 is 1.33 bits per heavy atom. The van der Waals surface area contributed by atoms with E-state index in [9.17, 15) is 9.59 Å². The van der Waals surface area contributed by atoms with Crippen LogP contribution in [0, 0.1) is 5.92 Å². The molecule has 1 atom stereocenters. The summed E-state index contributed by atoms with van der Waals surface area (Å²) in [6.07, 6.45) is 0.643. The van der Waals surface area contributed by atoms with Crippen LogP contribution in [0.15, 0.2) is 24.3 Å². The molecule has 0 fully saturated rings. The van der Waals surface area contributed by atoms with E-state index in [1.807, 2.05) is 24.3 Å². The Kier molecular flexibility index (Phi) is 6.52. The number of ether oxygens (including phenoxy) is 1.